The second-order valence-electron chi connectivity index (χ2n) is 6.82. The number of thiophene rings is 1. The van der Waals surface area contributed by atoms with Gasteiger partial charge < -0.3 is 10.1 Å². The van der Waals surface area contributed by atoms with Crippen LogP contribution in [0.5, 0.6) is 0 Å². The topological polar surface area (TPSA) is 90.3 Å². The Balaban J connectivity index is 1.78. The molecule has 1 aromatic carbocycles. The molecule has 2 heterocycles. The monoisotopic (exact) mass is 431 g/mol. The first-order valence-corrected chi connectivity index (χ1v) is 10.3. The molecule has 4 rings (SSSR count). The van der Waals surface area contributed by atoms with Gasteiger partial charge in [-0.1, -0.05) is 11.6 Å². The quantitative estimate of drug-likeness (QED) is 0.640. The van der Waals surface area contributed by atoms with Crippen LogP contribution in [-0.4, -0.2) is 28.8 Å². The van der Waals surface area contributed by atoms with Crippen LogP contribution in [0.1, 0.15) is 44.1 Å². The summed E-state index contributed by atoms with van der Waals surface area (Å²) in [5, 5.41) is 7.95. The highest BCUT2D eigenvalue weighted by Crippen LogP contribution is 2.38. The van der Waals surface area contributed by atoms with Crippen molar-refractivity contribution in [3.8, 4) is 0 Å². The van der Waals surface area contributed by atoms with Crippen molar-refractivity contribution < 1.29 is 14.3 Å². The highest BCUT2D eigenvalue weighted by Gasteiger charge is 2.28. The molecule has 150 valence electrons. The minimum Gasteiger partial charge on any atom is -0.465 e. The lowest BCUT2D eigenvalue weighted by Crippen LogP contribution is -2.26. The lowest BCUT2D eigenvalue weighted by molar-refractivity contribution is 0.0601. The summed E-state index contributed by atoms with van der Waals surface area (Å²) in [5.41, 5.74) is 1.09. The van der Waals surface area contributed by atoms with Crippen molar-refractivity contribution in [2.75, 3.05) is 12.4 Å². The van der Waals surface area contributed by atoms with Gasteiger partial charge in [0.2, 0.25) is 5.43 Å². The van der Waals surface area contributed by atoms with E-state index in [1.807, 2.05) is 0 Å². The third-order valence-electron chi connectivity index (χ3n) is 5.02. The van der Waals surface area contributed by atoms with Crippen LogP contribution in [-0.2, 0) is 24.6 Å². The molecule has 0 bridgehead atoms. The maximum atomic E-state index is 12.9. The lowest BCUT2D eigenvalue weighted by Gasteiger charge is -2.12. The lowest BCUT2D eigenvalue weighted by atomic mass is 9.95. The Morgan fingerprint density at radius 3 is 2.79 bits per heavy atom. The van der Waals surface area contributed by atoms with Gasteiger partial charge in [-0.15, -0.1) is 11.3 Å². The van der Waals surface area contributed by atoms with E-state index in [0.717, 1.165) is 36.1 Å². The number of benzene rings is 1. The second kappa shape index (κ2) is 7.61. The number of nitrogens with zero attached hydrogens (tertiary/aromatic N) is 2. The zero-order valence-electron chi connectivity index (χ0n) is 15.9. The van der Waals surface area contributed by atoms with Gasteiger partial charge in [0.15, 0.2) is 5.69 Å². The van der Waals surface area contributed by atoms with Gasteiger partial charge in [0.1, 0.15) is 5.00 Å². The minimum atomic E-state index is -0.670. The van der Waals surface area contributed by atoms with Crippen molar-refractivity contribution in [2.45, 2.75) is 25.7 Å². The average Bonchev–Trinajstić information content (AvgIpc) is 3.07. The molecule has 9 heteroatoms. The third kappa shape index (κ3) is 3.42. The number of methoxy groups -OCH3 is 1. The largest absolute Gasteiger partial charge is 0.465 e. The molecule has 0 radical (unpaired) electrons. The molecular weight excluding hydrogens is 414 g/mol. The van der Waals surface area contributed by atoms with Crippen LogP contribution >= 0.6 is 22.9 Å². The molecule has 0 atom stereocenters. The van der Waals surface area contributed by atoms with Crippen LogP contribution in [0.3, 0.4) is 0 Å². The summed E-state index contributed by atoms with van der Waals surface area (Å²) < 4.78 is 6.38. The van der Waals surface area contributed by atoms with Gasteiger partial charge >= 0.3 is 5.97 Å². The number of rotatable bonds is 3. The van der Waals surface area contributed by atoms with E-state index in [2.05, 4.69) is 10.4 Å². The first kappa shape index (κ1) is 19.6. The van der Waals surface area contributed by atoms with E-state index in [0.29, 0.717) is 26.5 Å². The number of amides is 1. The van der Waals surface area contributed by atoms with Crippen LogP contribution < -0.4 is 10.7 Å². The third-order valence-corrected chi connectivity index (χ3v) is 6.46. The van der Waals surface area contributed by atoms with E-state index in [9.17, 15) is 14.4 Å². The number of hydrogen-bond acceptors (Lipinski definition) is 6. The first-order valence-electron chi connectivity index (χ1n) is 9.11. The van der Waals surface area contributed by atoms with Gasteiger partial charge in [0, 0.05) is 16.9 Å². The Kier molecular flexibility index (Phi) is 5.14. The van der Waals surface area contributed by atoms with Crippen LogP contribution in [0.25, 0.3) is 10.9 Å². The minimum absolute atomic E-state index is 0.260. The summed E-state index contributed by atoms with van der Waals surface area (Å²) in [4.78, 5) is 39.2. The predicted octanol–water partition coefficient (Wildman–Crippen LogP) is 3.57. The van der Waals surface area contributed by atoms with Gasteiger partial charge in [-0.25, -0.2) is 4.79 Å². The number of fused-ring (bicyclic) bond motifs is 2. The SMILES string of the molecule is COC(=O)c1c(NC(=O)c2nn(C)c3ccc(Cl)cc3c2=O)sc2c1CCCC2. The van der Waals surface area contributed by atoms with Crippen LogP contribution in [0.2, 0.25) is 5.02 Å². The fraction of sp³-hybridized carbons (Fsp3) is 0.300. The fourth-order valence-corrected chi connectivity index (χ4v) is 5.08. The summed E-state index contributed by atoms with van der Waals surface area (Å²) in [6, 6.07) is 4.85. The molecule has 2 aromatic heterocycles. The molecule has 3 aromatic rings. The summed E-state index contributed by atoms with van der Waals surface area (Å²) >= 11 is 7.37. The first-order chi connectivity index (χ1) is 13.9. The van der Waals surface area contributed by atoms with Crippen LogP contribution in [0, 0.1) is 0 Å². The molecule has 7 nitrogen and oxygen atoms in total. The van der Waals surface area contributed by atoms with Crippen molar-refractivity contribution in [3.05, 3.63) is 55.1 Å². The Hall–Kier alpha value is -2.71. The van der Waals surface area contributed by atoms with Gasteiger partial charge in [-0.3, -0.25) is 14.3 Å². The van der Waals surface area contributed by atoms with Gasteiger partial charge in [0.25, 0.3) is 5.91 Å². The number of aryl methyl sites for hydroxylation is 2. The maximum Gasteiger partial charge on any atom is 0.341 e. The number of aromatic nitrogens is 2. The van der Waals surface area contributed by atoms with Crippen molar-refractivity contribution in [1.29, 1.82) is 0 Å². The molecule has 0 saturated carbocycles. The number of halogens is 1. The Bertz CT molecular complexity index is 1210. The normalized spacial score (nSPS) is 13.2. The Morgan fingerprint density at radius 1 is 1.28 bits per heavy atom. The Morgan fingerprint density at radius 2 is 2.03 bits per heavy atom. The van der Waals surface area contributed by atoms with Crippen molar-refractivity contribution >= 4 is 50.7 Å². The zero-order valence-corrected chi connectivity index (χ0v) is 17.4. The summed E-state index contributed by atoms with van der Waals surface area (Å²) in [7, 11) is 2.96. The van der Waals surface area contributed by atoms with Crippen LogP contribution in [0.4, 0.5) is 5.00 Å². The number of nitrogens with one attached hydrogen (secondary N) is 1. The van der Waals surface area contributed by atoms with Crippen molar-refractivity contribution in [1.82, 2.24) is 9.78 Å². The highest BCUT2D eigenvalue weighted by molar-refractivity contribution is 7.17. The molecule has 1 amide bonds. The standard InChI is InChI=1S/C20H18ClN3O4S/c1-24-13-8-7-10(21)9-12(13)17(25)16(23-24)18(26)22-19-15(20(27)28-2)11-5-3-4-6-14(11)29-19/h7-9H,3-6H2,1-2H3,(H,22,26). The van der Waals surface area contributed by atoms with E-state index < -0.39 is 17.3 Å². The molecule has 29 heavy (non-hydrogen) atoms. The summed E-state index contributed by atoms with van der Waals surface area (Å²) in [6.07, 6.45) is 3.64. The molecular formula is C20H18ClN3O4S. The van der Waals surface area contributed by atoms with E-state index >= 15 is 0 Å². The number of hydrogen-bond donors (Lipinski definition) is 1. The van der Waals surface area contributed by atoms with E-state index in [-0.39, 0.29) is 5.69 Å². The molecule has 1 N–H and O–H groups in total. The number of ether oxygens (including phenoxy) is 1. The molecule has 0 fully saturated rings. The molecule has 1 aliphatic rings. The van der Waals surface area contributed by atoms with E-state index in [1.54, 1.807) is 19.2 Å². The van der Waals surface area contributed by atoms with E-state index in [1.165, 1.54) is 29.2 Å². The Labute approximate surface area is 175 Å². The molecule has 0 spiro atoms. The zero-order chi connectivity index (χ0) is 20.7. The number of esters is 1. The molecule has 0 aliphatic heterocycles. The van der Waals surface area contributed by atoms with E-state index in [4.69, 9.17) is 16.3 Å². The van der Waals surface area contributed by atoms with Gasteiger partial charge in [-0.2, -0.15) is 5.10 Å². The van der Waals surface area contributed by atoms with Gasteiger partial charge in [-0.05, 0) is 49.4 Å². The second-order valence-corrected chi connectivity index (χ2v) is 8.37. The molecule has 0 unspecified atom stereocenters. The van der Waals surface area contributed by atoms with Gasteiger partial charge in [0.05, 0.1) is 23.6 Å². The summed E-state index contributed by atoms with van der Waals surface area (Å²) in [6.45, 7) is 0. The molecule has 0 saturated heterocycles. The summed E-state index contributed by atoms with van der Waals surface area (Å²) in [5.74, 6) is -1.16. The molecule has 1 aliphatic carbocycles. The fourth-order valence-electron chi connectivity index (χ4n) is 3.63. The van der Waals surface area contributed by atoms with Crippen molar-refractivity contribution in [3.63, 3.8) is 0 Å². The smallest absolute Gasteiger partial charge is 0.341 e. The van der Waals surface area contributed by atoms with Crippen LogP contribution in [0.15, 0.2) is 23.0 Å². The number of carbonyl (C=O) groups is 2. The number of carbonyl (C=O) groups excluding carboxylic acids is 2. The predicted molar refractivity (Wildman–Crippen MR) is 112 cm³/mol. The highest BCUT2D eigenvalue weighted by atomic mass is 35.5. The average molecular weight is 432 g/mol. The number of anilines is 1. The maximum absolute atomic E-state index is 12.9. The van der Waals surface area contributed by atoms with Crippen molar-refractivity contribution in [2.24, 2.45) is 7.05 Å².